The van der Waals surface area contributed by atoms with E-state index in [9.17, 15) is 9.59 Å². The molecule has 0 unspecified atom stereocenters. The van der Waals surface area contributed by atoms with Gasteiger partial charge in [-0.3, -0.25) is 4.90 Å². The maximum absolute atomic E-state index is 11.2. The molecule has 0 aliphatic carbocycles. The van der Waals surface area contributed by atoms with Crippen molar-refractivity contribution in [2.24, 2.45) is 0 Å². The molecule has 0 aromatic heterocycles. The molecule has 1 aliphatic heterocycles. The quantitative estimate of drug-likeness (QED) is 0.390. The van der Waals surface area contributed by atoms with E-state index in [1.807, 2.05) is 0 Å². The highest BCUT2D eigenvalue weighted by Crippen LogP contribution is 2.12. The van der Waals surface area contributed by atoms with E-state index >= 15 is 0 Å². The molecule has 0 radical (unpaired) electrons. The lowest BCUT2D eigenvalue weighted by atomic mass is 10.3. The van der Waals surface area contributed by atoms with E-state index in [0.717, 1.165) is 0 Å². The fourth-order valence-corrected chi connectivity index (χ4v) is 1.20. The van der Waals surface area contributed by atoms with Gasteiger partial charge in [0.1, 0.15) is 6.61 Å². The van der Waals surface area contributed by atoms with Gasteiger partial charge in [0.05, 0.1) is 13.2 Å². The predicted molar refractivity (Wildman–Crippen MR) is 53.2 cm³/mol. The summed E-state index contributed by atoms with van der Waals surface area (Å²) >= 11 is 0. The van der Waals surface area contributed by atoms with Crippen LogP contribution in [0.1, 0.15) is 0 Å². The van der Waals surface area contributed by atoms with E-state index in [1.165, 1.54) is 18.1 Å². The monoisotopic (exact) mass is 211 g/mol. The molecule has 1 heterocycles. The number of nitrogens with zero attached hydrogens (tertiary/aromatic N) is 1. The van der Waals surface area contributed by atoms with Crippen LogP contribution >= 0.6 is 0 Å². The van der Waals surface area contributed by atoms with Crippen molar-refractivity contribution in [3.05, 3.63) is 24.8 Å². The maximum Gasteiger partial charge on any atom is 0.410 e. The van der Waals surface area contributed by atoms with Gasteiger partial charge in [-0.25, -0.2) is 9.59 Å². The van der Waals surface area contributed by atoms with Gasteiger partial charge in [-0.15, -0.1) is 6.58 Å². The Morgan fingerprint density at radius 3 is 3.13 bits per heavy atom. The number of hydrogen-bond donors (Lipinski definition) is 0. The molecule has 0 aromatic carbocycles. The third kappa shape index (κ3) is 2.83. The molecule has 0 aromatic rings. The van der Waals surface area contributed by atoms with Crippen LogP contribution < -0.4 is 0 Å². The van der Waals surface area contributed by atoms with Crippen LogP contribution in [0.15, 0.2) is 24.8 Å². The summed E-state index contributed by atoms with van der Waals surface area (Å²) in [7, 11) is 1.29. The molecule has 1 amide bonds. The van der Waals surface area contributed by atoms with E-state index in [-0.39, 0.29) is 6.04 Å². The zero-order chi connectivity index (χ0) is 11.3. The van der Waals surface area contributed by atoms with Gasteiger partial charge in [0.25, 0.3) is 0 Å². The van der Waals surface area contributed by atoms with Gasteiger partial charge in [0.15, 0.2) is 0 Å². The molecule has 0 bridgehead atoms. The topological polar surface area (TPSA) is 55.8 Å². The Bertz CT molecular complexity index is 298. The van der Waals surface area contributed by atoms with Gasteiger partial charge in [-0.1, -0.05) is 12.2 Å². The summed E-state index contributed by atoms with van der Waals surface area (Å²) in [5.41, 5.74) is 0. The van der Waals surface area contributed by atoms with Crippen molar-refractivity contribution in [3.8, 4) is 0 Å². The predicted octanol–water partition coefficient (Wildman–Crippen LogP) is 0.722. The Labute approximate surface area is 87.9 Å². The molecular weight excluding hydrogens is 198 g/mol. The van der Waals surface area contributed by atoms with Crippen LogP contribution in [0.2, 0.25) is 0 Å². The van der Waals surface area contributed by atoms with Crippen LogP contribution in [-0.2, 0) is 14.3 Å². The SMILES string of the molecule is C=C[C@H]1COC(=O)N1C/C=C/C(=O)OC. The van der Waals surface area contributed by atoms with Crippen molar-refractivity contribution >= 4 is 12.1 Å². The first-order chi connectivity index (χ1) is 7.19. The minimum atomic E-state index is -0.447. The smallest absolute Gasteiger partial charge is 0.410 e. The number of cyclic esters (lactones) is 1. The fraction of sp³-hybridized carbons (Fsp3) is 0.400. The number of methoxy groups -OCH3 is 1. The van der Waals surface area contributed by atoms with Crippen molar-refractivity contribution < 1.29 is 19.1 Å². The Morgan fingerprint density at radius 1 is 1.80 bits per heavy atom. The zero-order valence-corrected chi connectivity index (χ0v) is 8.51. The second-order valence-corrected chi connectivity index (χ2v) is 2.96. The second kappa shape index (κ2) is 5.19. The largest absolute Gasteiger partial charge is 0.466 e. The Morgan fingerprint density at radius 2 is 2.53 bits per heavy atom. The molecule has 1 atom stereocenters. The summed E-state index contributed by atoms with van der Waals surface area (Å²) < 4.78 is 9.23. The molecule has 1 saturated heterocycles. The van der Waals surface area contributed by atoms with Gasteiger partial charge >= 0.3 is 12.1 Å². The Balaban J connectivity index is 2.49. The van der Waals surface area contributed by atoms with E-state index in [4.69, 9.17) is 4.74 Å². The third-order valence-electron chi connectivity index (χ3n) is 2.04. The van der Waals surface area contributed by atoms with Gasteiger partial charge in [-0.2, -0.15) is 0 Å². The van der Waals surface area contributed by atoms with E-state index < -0.39 is 12.1 Å². The number of ether oxygens (including phenoxy) is 2. The number of rotatable bonds is 4. The third-order valence-corrected chi connectivity index (χ3v) is 2.04. The van der Waals surface area contributed by atoms with Crippen molar-refractivity contribution in [2.45, 2.75) is 6.04 Å². The minimum absolute atomic E-state index is 0.125. The zero-order valence-electron chi connectivity index (χ0n) is 8.51. The number of hydrogen-bond acceptors (Lipinski definition) is 4. The highest BCUT2D eigenvalue weighted by molar-refractivity contribution is 5.81. The first kappa shape index (κ1) is 11.3. The first-order valence-corrected chi connectivity index (χ1v) is 4.49. The maximum atomic E-state index is 11.2. The van der Waals surface area contributed by atoms with Crippen molar-refractivity contribution in [2.75, 3.05) is 20.3 Å². The van der Waals surface area contributed by atoms with E-state index in [2.05, 4.69) is 11.3 Å². The van der Waals surface area contributed by atoms with Crippen LogP contribution in [0.3, 0.4) is 0 Å². The normalized spacial score (nSPS) is 20.5. The first-order valence-electron chi connectivity index (χ1n) is 4.49. The van der Waals surface area contributed by atoms with Gasteiger partial charge in [-0.05, 0) is 0 Å². The summed E-state index contributed by atoms with van der Waals surface area (Å²) in [6.45, 7) is 4.22. The summed E-state index contributed by atoms with van der Waals surface area (Å²) in [6.07, 6.45) is 4.06. The summed E-state index contributed by atoms with van der Waals surface area (Å²) in [6, 6.07) is -0.125. The van der Waals surface area contributed by atoms with E-state index in [1.54, 1.807) is 12.2 Å². The lowest BCUT2D eigenvalue weighted by Gasteiger charge is -2.15. The molecule has 82 valence electrons. The highest BCUT2D eigenvalue weighted by atomic mass is 16.6. The molecule has 15 heavy (non-hydrogen) atoms. The van der Waals surface area contributed by atoms with Crippen molar-refractivity contribution in [3.63, 3.8) is 0 Å². The number of carbonyl (C=O) groups excluding carboxylic acids is 2. The van der Waals surface area contributed by atoms with E-state index in [0.29, 0.717) is 13.2 Å². The summed E-state index contributed by atoms with van der Waals surface area (Å²) in [5.74, 6) is -0.447. The number of carbonyl (C=O) groups is 2. The molecular formula is C10H13NO4. The molecule has 0 spiro atoms. The van der Waals surface area contributed by atoms with Crippen LogP contribution in [0.4, 0.5) is 4.79 Å². The average Bonchev–Trinajstić information content (AvgIpc) is 2.60. The van der Waals surface area contributed by atoms with Gasteiger partial charge < -0.3 is 9.47 Å². The van der Waals surface area contributed by atoms with Crippen molar-refractivity contribution in [1.82, 2.24) is 4.90 Å². The lowest BCUT2D eigenvalue weighted by Crippen LogP contribution is -2.32. The van der Waals surface area contributed by atoms with Gasteiger partial charge in [0.2, 0.25) is 0 Å². The number of amides is 1. The summed E-state index contributed by atoms with van der Waals surface area (Å²) in [5, 5.41) is 0. The molecule has 1 fully saturated rings. The fourth-order valence-electron chi connectivity index (χ4n) is 1.20. The van der Waals surface area contributed by atoms with Crippen molar-refractivity contribution in [1.29, 1.82) is 0 Å². The highest BCUT2D eigenvalue weighted by Gasteiger charge is 2.29. The van der Waals surface area contributed by atoms with Crippen LogP contribution in [0.5, 0.6) is 0 Å². The summed E-state index contributed by atoms with van der Waals surface area (Å²) in [4.78, 5) is 23.4. The average molecular weight is 211 g/mol. The van der Waals surface area contributed by atoms with Crippen LogP contribution in [0, 0.1) is 0 Å². The number of esters is 1. The standard InChI is InChI=1S/C10H13NO4/c1-3-8-7-15-10(13)11(8)6-4-5-9(12)14-2/h3-5,8H,1,6-7H2,2H3/b5-4+/t8-/m0/s1. The van der Waals surface area contributed by atoms with Crippen LogP contribution in [0.25, 0.3) is 0 Å². The van der Waals surface area contributed by atoms with Gasteiger partial charge in [0, 0.05) is 12.6 Å². The molecule has 0 N–H and O–H groups in total. The Hall–Kier alpha value is -1.78. The second-order valence-electron chi connectivity index (χ2n) is 2.96. The molecule has 1 aliphatic rings. The minimum Gasteiger partial charge on any atom is -0.466 e. The molecule has 1 rings (SSSR count). The lowest BCUT2D eigenvalue weighted by molar-refractivity contribution is -0.134. The molecule has 0 saturated carbocycles. The molecule has 5 heteroatoms. The Kier molecular flexibility index (Phi) is 3.91. The van der Waals surface area contributed by atoms with Crippen LogP contribution in [-0.4, -0.2) is 43.3 Å². The molecule has 5 nitrogen and oxygen atoms in total.